The van der Waals surface area contributed by atoms with E-state index in [0.717, 1.165) is 16.1 Å². The van der Waals surface area contributed by atoms with Crippen LogP contribution in [0.15, 0.2) is 66.0 Å². The van der Waals surface area contributed by atoms with E-state index in [9.17, 15) is 9.59 Å². The van der Waals surface area contributed by atoms with Gasteiger partial charge >= 0.3 is 0 Å². The monoisotopic (exact) mass is 446 g/mol. The number of fused-ring (bicyclic) bond motifs is 1. The average Bonchev–Trinajstić information content (AvgIpc) is 3.30. The summed E-state index contributed by atoms with van der Waals surface area (Å²) in [5, 5.41) is 5.13. The van der Waals surface area contributed by atoms with E-state index in [4.69, 9.17) is 0 Å². The second kappa shape index (κ2) is 9.29. The summed E-state index contributed by atoms with van der Waals surface area (Å²) in [6.07, 6.45) is 0. The Kier molecular flexibility index (Phi) is 6.47. The fourth-order valence-electron chi connectivity index (χ4n) is 4.42. The number of nitrogens with one attached hydrogen (secondary N) is 1. The molecule has 0 radical (unpaired) electrons. The smallest absolute Gasteiger partial charge is 0.254 e. The first-order valence-electron chi connectivity index (χ1n) is 11.2. The molecule has 1 aromatic heterocycles. The van der Waals surface area contributed by atoms with Gasteiger partial charge in [0.25, 0.3) is 5.91 Å². The Morgan fingerprint density at radius 2 is 1.72 bits per heavy atom. The van der Waals surface area contributed by atoms with Crippen molar-refractivity contribution in [3.63, 3.8) is 0 Å². The molecule has 0 saturated heterocycles. The van der Waals surface area contributed by atoms with E-state index < -0.39 is 5.92 Å². The predicted octanol–water partition coefficient (Wildman–Crippen LogP) is 6.45. The molecule has 4 nitrogen and oxygen atoms in total. The van der Waals surface area contributed by atoms with Crippen molar-refractivity contribution in [1.29, 1.82) is 0 Å². The molecule has 0 fully saturated rings. The number of hydrogen-bond donors (Lipinski definition) is 1. The number of hydrogen-bond acceptors (Lipinski definition) is 3. The van der Waals surface area contributed by atoms with E-state index in [1.54, 1.807) is 11.3 Å². The van der Waals surface area contributed by atoms with Gasteiger partial charge in [0.2, 0.25) is 5.91 Å². The Morgan fingerprint density at radius 1 is 1.00 bits per heavy atom. The SMILES string of the molecule is CC(C)CN1C(=O)c2ccccc2[C@H](C(=O)Nc2ccc(C(C)C)cc2)[C@H]1c1cccs1. The van der Waals surface area contributed by atoms with Gasteiger partial charge in [-0.2, -0.15) is 0 Å². The third kappa shape index (κ3) is 4.35. The third-order valence-corrected chi connectivity index (χ3v) is 6.91. The molecular weight excluding hydrogens is 416 g/mol. The molecule has 1 aliphatic heterocycles. The zero-order valence-electron chi connectivity index (χ0n) is 19.0. The van der Waals surface area contributed by atoms with Crippen LogP contribution in [0, 0.1) is 5.92 Å². The quantitative estimate of drug-likeness (QED) is 0.473. The Hall–Kier alpha value is -2.92. The van der Waals surface area contributed by atoms with E-state index >= 15 is 0 Å². The zero-order chi connectivity index (χ0) is 22.8. The van der Waals surface area contributed by atoms with Gasteiger partial charge in [0.05, 0.1) is 12.0 Å². The number of carbonyl (C=O) groups excluding carboxylic acids is 2. The molecule has 1 N–H and O–H groups in total. The number of amides is 2. The van der Waals surface area contributed by atoms with Crippen LogP contribution in [0.4, 0.5) is 5.69 Å². The maximum absolute atomic E-state index is 13.7. The van der Waals surface area contributed by atoms with Gasteiger partial charge in [0.1, 0.15) is 0 Å². The normalized spacial score (nSPS) is 18.2. The van der Waals surface area contributed by atoms with Crippen LogP contribution in [0.1, 0.15) is 71.9 Å². The molecule has 3 aromatic rings. The van der Waals surface area contributed by atoms with Gasteiger partial charge in [-0.25, -0.2) is 0 Å². The first-order valence-corrected chi connectivity index (χ1v) is 12.1. The molecule has 4 rings (SSSR count). The minimum absolute atomic E-state index is 0.00182. The third-order valence-electron chi connectivity index (χ3n) is 5.96. The van der Waals surface area contributed by atoms with Crippen LogP contribution in [0.2, 0.25) is 0 Å². The topological polar surface area (TPSA) is 49.4 Å². The molecule has 2 atom stereocenters. The van der Waals surface area contributed by atoms with Gasteiger partial charge in [0, 0.05) is 22.7 Å². The van der Waals surface area contributed by atoms with E-state index in [1.807, 2.05) is 58.8 Å². The van der Waals surface area contributed by atoms with Crippen LogP contribution >= 0.6 is 11.3 Å². The lowest BCUT2D eigenvalue weighted by Crippen LogP contribution is -2.47. The Morgan fingerprint density at radius 3 is 2.34 bits per heavy atom. The number of rotatable bonds is 6. The summed E-state index contributed by atoms with van der Waals surface area (Å²) in [5.74, 6) is 0.154. The zero-order valence-corrected chi connectivity index (χ0v) is 19.9. The molecular formula is C27H30N2O2S. The second-order valence-corrected chi connectivity index (χ2v) is 10.1. The molecule has 5 heteroatoms. The van der Waals surface area contributed by atoms with Crippen molar-refractivity contribution in [1.82, 2.24) is 4.90 Å². The number of anilines is 1. The molecule has 32 heavy (non-hydrogen) atoms. The average molecular weight is 447 g/mol. The highest BCUT2D eigenvalue weighted by Gasteiger charge is 2.44. The summed E-state index contributed by atoms with van der Waals surface area (Å²) >= 11 is 1.60. The van der Waals surface area contributed by atoms with Crippen molar-refractivity contribution < 1.29 is 9.59 Å². The van der Waals surface area contributed by atoms with Gasteiger partial charge in [-0.05, 0) is 52.6 Å². The predicted molar refractivity (Wildman–Crippen MR) is 131 cm³/mol. The lowest BCUT2D eigenvalue weighted by Gasteiger charge is -2.42. The van der Waals surface area contributed by atoms with Crippen LogP contribution in [0.25, 0.3) is 0 Å². The van der Waals surface area contributed by atoms with Crippen LogP contribution in [0.3, 0.4) is 0 Å². The van der Waals surface area contributed by atoms with E-state index in [0.29, 0.717) is 23.9 Å². The van der Waals surface area contributed by atoms with E-state index in [1.165, 1.54) is 5.56 Å². The minimum atomic E-state index is -0.480. The molecule has 2 amide bonds. The second-order valence-electron chi connectivity index (χ2n) is 9.14. The number of thiophene rings is 1. The molecule has 166 valence electrons. The largest absolute Gasteiger partial charge is 0.329 e. The fourth-order valence-corrected chi connectivity index (χ4v) is 5.29. The van der Waals surface area contributed by atoms with E-state index in [-0.39, 0.29) is 17.9 Å². The molecule has 2 heterocycles. The summed E-state index contributed by atoms with van der Waals surface area (Å²) in [6, 6.07) is 19.3. The highest BCUT2D eigenvalue weighted by Crippen LogP contribution is 2.45. The summed E-state index contributed by atoms with van der Waals surface area (Å²) in [5.41, 5.74) is 3.42. The Bertz CT molecular complexity index is 1090. The lowest BCUT2D eigenvalue weighted by molar-refractivity contribution is -0.119. The summed E-state index contributed by atoms with van der Waals surface area (Å²) in [7, 11) is 0. The van der Waals surface area contributed by atoms with Crippen LogP contribution in [-0.2, 0) is 4.79 Å². The minimum Gasteiger partial charge on any atom is -0.329 e. The van der Waals surface area contributed by atoms with Gasteiger partial charge in [-0.3, -0.25) is 9.59 Å². The van der Waals surface area contributed by atoms with Crippen LogP contribution in [-0.4, -0.2) is 23.3 Å². The van der Waals surface area contributed by atoms with Crippen molar-refractivity contribution >= 4 is 28.8 Å². The first kappa shape index (κ1) is 22.3. The van der Waals surface area contributed by atoms with Crippen LogP contribution < -0.4 is 5.32 Å². The van der Waals surface area contributed by atoms with Crippen molar-refractivity contribution in [3.05, 3.63) is 87.6 Å². The van der Waals surface area contributed by atoms with Gasteiger partial charge in [-0.15, -0.1) is 11.3 Å². The molecule has 0 aliphatic carbocycles. The van der Waals surface area contributed by atoms with Gasteiger partial charge in [0.15, 0.2) is 0 Å². The summed E-state index contributed by atoms with van der Waals surface area (Å²) in [6.45, 7) is 9.11. The van der Waals surface area contributed by atoms with Crippen molar-refractivity contribution in [2.75, 3.05) is 11.9 Å². The Labute approximate surface area is 194 Å². The van der Waals surface area contributed by atoms with E-state index in [2.05, 4.69) is 45.1 Å². The number of carbonyl (C=O) groups is 2. The molecule has 0 bridgehead atoms. The fraction of sp³-hybridized carbons (Fsp3) is 0.333. The molecule has 2 aromatic carbocycles. The van der Waals surface area contributed by atoms with Crippen molar-refractivity contribution in [2.45, 2.75) is 45.6 Å². The molecule has 0 unspecified atom stereocenters. The molecule has 0 saturated carbocycles. The number of nitrogens with zero attached hydrogens (tertiary/aromatic N) is 1. The maximum Gasteiger partial charge on any atom is 0.254 e. The first-order chi connectivity index (χ1) is 15.4. The van der Waals surface area contributed by atoms with Crippen molar-refractivity contribution in [2.24, 2.45) is 5.92 Å². The Balaban J connectivity index is 1.76. The van der Waals surface area contributed by atoms with Crippen LogP contribution in [0.5, 0.6) is 0 Å². The summed E-state index contributed by atoms with van der Waals surface area (Å²) < 4.78 is 0. The maximum atomic E-state index is 13.7. The lowest BCUT2D eigenvalue weighted by atomic mass is 9.81. The van der Waals surface area contributed by atoms with Gasteiger partial charge in [-0.1, -0.05) is 64.1 Å². The van der Waals surface area contributed by atoms with Crippen molar-refractivity contribution in [3.8, 4) is 0 Å². The summed E-state index contributed by atoms with van der Waals surface area (Å²) in [4.78, 5) is 30.2. The molecule has 1 aliphatic rings. The van der Waals surface area contributed by atoms with Gasteiger partial charge < -0.3 is 10.2 Å². The highest BCUT2D eigenvalue weighted by atomic mass is 32.1. The number of benzene rings is 2. The standard InChI is InChI=1S/C27H30N2O2S/c1-17(2)16-29-25(23-10-7-15-32-23)24(21-8-5-6-9-22(21)27(29)31)26(30)28-20-13-11-19(12-14-20)18(3)4/h5-15,17-18,24-25H,16H2,1-4H3,(H,28,30)/t24-,25+/m0/s1. The molecule has 0 spiro atoms. The highest BCUT2D eigenvalue weighted by molar-refractivity contribution is 7.10.